The highest BCUT2D eigenvalue weighted by atomic mass is 35.5. The van der Waals surface area contributed by atoms with Crippen LogP contribution in [0.25, 0.3) is 10.2 Å². The van der Waals surface area contributed by atoms with Crippen LogP contribution >= 0.6 is 35.5 Å². The van der Waals surface area contributed by atoms with E-state index >= 15 is 0 Å². The Morgan fingerprint density at radius 2 is 1.88 bits per heavy atom. The molecule has 7 nitrogen and oxygen atoms in total. The second kappa shape index (κ2) is 11.2. The molecule has 0 unspecified atom stereocenters. The van der Waals surface area contributed by atoms with Crippen molar-refractivity contribution in [3.05, 3.63) is 48.0 Å². The Balaban J connectivity index is 0.00000306. The summed E-state index contributed by atoms with van der Waals surface area (Å²) in [5, 5.41) is 0.503. The number of morpholine rings is 1. The molecule has 1 amide bonds. The molecule has 33 heavy (non-hydrogen) atoms. The van der Waals surface area contributed by atoms with E-state index in [2.05, 4.69) is 9.88 Å². The van der Waals surface area contributed by atoms with Crippen LogP contribution in [0.5, 0.6) is 0 Å². The predicted molar refractivity (Wildman–Crippen MR) is 137 cm³/mol. The molecule has 1 fully saturated rings. The number of sulfone groups is 1. The zero-order valence-electron chi connectivity index (χ0n) is 18.4. The summed E-state index contributed by atoms with van der Waals surface area (Å²) in [6.45, 7) is 4.15. The molecule has 11 heteroatoms. The topological polar surface area (TPSA) is 79.8 Å². The average molecular weight is 528 g/mol. The van der Waals surface area contributed by atoms with Crippen LogP contribution in [-0.2, 0) is 14.6 Å². The molecule has 0 saturated carbocycles. The number of amides is 1. The minimum atomic E-state index is -3.44. The van der Waals surface area contributed by atoms with Gasteiger partial charge in [-0.15, -0.1) is 24.2 Å². The van der Waals surface area contributed by atoms with Gasteiger partial charge < -0.3 is 4.74 Å². The van der Waals surface area contributed by atoms with Crippen LogP contribution in [0.15, 0.2) is 52.3 Å². The molecule has 0 radical (unpaired) electrons. The first kappa shape index (κ1) is 25.9. The molecular formula is C22H26ClN3O4S3. The smallest absolute Gasteiger partial charge is 0.260 e. The first-order valence-electron chi connectivity index (χ1n) is 10.2. The number of carbonyl (C=O) groups is 1. The normalized spacial score (nSPS) is 14.7. The zero-order valence-corrected chi connectivity index (χ0v) is 21.7. The maximum absolute atomic E-state index is 13.5. The third-order valence-electron chi connectivity index (χ3n) is 5.33. The van der Waals surface area contributed by atoms with Crippen molar-refractivity contribution in [3.63, 3.8) is 0 Å². The van der Waals surface area contributed by atoms with E-state index < -0.39 is 9.84 Å². The van der Waals surface area contributed by atoms with E-state index in [1.807, 2.05) is 36.6 Å². The Bertz CT molecular complexity index is 1210. The molecule has 1 aliphatic heterocycles. The van der Waals surface area contributed by atoms with Crippen molar-refractivity contribution in [1.82, 2.24) is 9.88 Å². The number of para-hydroxylation sites is 1. The highest BCUT2D eigenvalue weighted by Gasteiger charge is 2.24. The van der Waals surface area contributed by atoms with Gasteiger partial charge in [0.2, 0.25) is 0 Å². The molecule has 2 aromatic carbocycles. The third kappa shape index (κ3) is 6.06. The van der Waals surface area contributed by atoms with Crippen molar-refractivity contribution in [3.8, 4) is 0 Å². The van der Waals surface area contributed by atoms with Gasteiger partial charge in [0.25, 0.3) is 5.91 Å². The Morgan fingerprint density at radius 1 is 1.18 bits per heavy atom. The number of ether oxygens (including phenoxy) is 1. The summed E-state index contributed by atoms with van der Waals surface area (Å²) in [4.78, 5) is 23.3. The Labute approximate surface area is 208 Å². The van der Waals surface area contributed by atoms with Gasteiger partial charge >= 0.3 is 0 Å². The molecular weight excluding hydrogens is 502 g/mol. The lowest BCUT2D eigenvalue weighted by atomic mass is 10.2. The summed E-state index contributed by atoms with van der Waals surface area (Å²) in [6.07, 6.45) is 3.17. The van der Waals surface area contributed by atoms with Gasteiger partial charge in [0.05, 0.1) is 22.8 Å². The molecule has 178 valence electrons. The minimum absolute atomic E-state index is 0. The van der Waals surface area contributed by atoms with Gasteiger partial charge in [-0.05, 0) is 42.7 Å². The number of nitrogens with zero attached hydrogens (tertiary/aromatic N) is 3. The molecule has 0 bridgehead atoms. The lowest BCUT2D eigenvalue weighted by Gasteiger charge is -2.29. The average Bonchev–Trinajstić information content (AvgIpc) is 3.23. The highest BCUT2D eigenvalue weighted by Crippen LogP contribution is 2.33. The number of halogens is 1. The molecule has 4 rings (SSSR count). The number of carbonyl (C=O) groups excluding carboxylic acids is 1. The standard InChI is InChI=1S/C22H25N3O4S3.ClH/c1-30-17-8-6-16(7-9-17)21(26)25(11-10-24-12-14-29-15-13-24)22-23-20-18(31-22)4-3-5-19(20)32(2,27)28;/h3-9H,10-15H2,1-2H3;1H. The molecule has 1 saturated heterocycles. The van der Waals surface area contributed by atoms with Gasteiger partial charge in [-0.1, -0.05) is 17.4 Å². The monoisotopic (exact) mass is 527 g/mol. The number of thioether (sulfide) groups is 1. The summed E-state index contributed by atoms with van der Waals surface area (Å²) >= 11 is 2.95. The number of hydrogen-bond donors (Lipinski definition) is 0. The van der Waals surface area contributed by atoms with E-state index in [1.54, 1.807) is 28.8 Å². The van der Waals surface area contributed by atoms with Gasteiger partial charge in [-0.3, -0.25) is 14.6 Å². The Morgan fingerprint density at radius 3 is 2.52 bits per heavy atom. The molecule has 0 spiro atoms. The van der Waals surface area contributed by atoms with Crippen LogP contribution in [0.3, 0.4) is 0 Å². The number of benzene rings is 2. The van der Waals surface area contributed by atoms with E-state index in [1.165, 1.54) is 17.6 Å². The maximum atomic E-state index is 13.5. The van der Waals surface area contributed by atoms with Gasteiger partial charge in [0.15, 0.2) is 15.0 Å². The predicted octanol–water partition coefficient (Wildman–Crippen LogP) is 3.82. The number of thiazole rings is 1. The summed E-state index contributed by atoms with van der Waals surface area (Å²) in [6, 6.07) is 12.6. The van der Waals surface area contributed by atoms with Crippen molar-refractivity contribution < 1.29 is 17.9 Å². The van der Waals surface area contributed by atoms with Gasteiger partial charge in [0, 0.05) is 42.9 Å². The molecule has 0 atom stereocenters. The van der Waals surface area contributed by atoms with Gasteiger partial charge in [-0.25, -0.2) is 13.4 Å². The zero-order chi connectivity index (χ0) is 22.7. The maximum Gasteiger partial charge on any atom is 0.260 e. The van der Waals surface area contributed by atoms with Gasteiger partial charge in [0.1, 0.15) is 5.52 Å². The SMILES string of the molecule is CSc1ccc(C(=O)N(CCN2CCOCC2)c2nc3c(S(C)(=O)=O)cccc3s2)cc1.Cl. The van der Waals surface area contributed by atoms with Crippen LogP contribution in [-0.4, -0.2) is 76.1 Å². The Hall–Kier alpha value is -1.69. The van der Waals surface area contributed by atoms with E-state index in [-0.39, 0.29) is 23.2 Å². The summed E-state index contributed by atoms with van der Waals surface area (Å²) < 4.78 is 30.6. The van der Waals surface area contributed by atoms with Crippen LogP contribution in [0.1, 0.15) is 10.4 Å². The third-order valence-corrected chi connectivity index (χ3v) is 8.24. The van der Waals surface area contributed by atoms with Crippen LogP contribution < -0.4 is 4.90 Å². The fourth-order valence-corrected chi connectivity index (χ4v) is 5.89. The summed E-state index contributed by atoms with van der Waals surface area (Å²) in [7, 11) is -3.44. The number of hydrogen-bond acceptors (Lipinski definition) is 8. The van der Waals surface area contributed by atoms with Gasteiger partial charge in [-0.2, -0.15) is 0 Å². The van der Waals surface area contributed by atoms with E-state index in [0.29, 0.717) is 42.5 Å². The first-order valence-corrected chi connectivity index (χ1v) is 14.2. The number of fused-ring (bicyclic) bond motifs is 1. The van der Waals surface area contributed by atoms with Crippen molar-refractivity contribution >= 4 is 66.6 Å². The van der Waals surface area contributed by atoms with Crippen molar-refractivity contribution in [2.75, 3.05) is 56.8 Å². The number of aromatic nitrogens is 1. The lowest BCUT2D eigenvalue weighted by molar-refractivity contribution is 0.0391. The molecule has 1 aliphatic rings. The largest absolute Gasteiger partial charge is 0.379 e. The molecule has 0 aliphatic carbocycles. The lowest BCUT2D eigenvalue weighted by Crippen LogP contribution is -2.43. The quantitative estimate of drug-likeness (QED) is 0.432. The minimum Gasteiger partial charge on any atom is -0.379 e. The number of rotatable bonds is 7. The van der Waals surface area contributed by atoms with Crippen molar-refractivity contribution in [2.24, 2.45) is 0 Å². The van der Waals surface area contributed by atoms with E-state index in [9.17, 15) is 13.2 Å². The Kier molecular flexibility index (Phi) is 8.76. The fourth-order valence-electron chi connectivity index (χ4n) is 3.57. The molecule has 2 heterocycles. The van der Waals surface area contributed by atoms with Crippen molar-refractivity contribution in [1.29, 1.82) is 0 Å². The highest BCUT2D eigenvalue weighted by molar-refractivity contribution is 7.98. The number of anilines is 1. The fraction of sp³-hybridized carbons (Fsp3) is 0.364. The van der Waals surface area contributed by atoms with E-state index in [4.69, 9.17) is 4.74 Å². The molecule has 3 aromatic rings. The molecule has 1 aromatic heterocycles. The first-order chi connectivity index (χ1) is 15.4. The second-order valence-electron chi connectivity index (χ2n) is 7.51. The van der Waals surface area contributed by atoms with Crippen LogP contribution in [0, 0.1) is 0 Å². The van der Waals surface area contributed by atoms with Crippen LogP contribution in [0.4, 0.5) is 5.13 Å². The van der Waals surface area contributed by atoms with E-state index in [0.717, 1.165) is 22.7 Å². The summed E-state index contributed by atoms with van der Waals surface area (Å²) in [5.41, 5.74) is 0.990. The van der Waals surface area contributed by atoms with Crippen molar-refractivity contribution in [2.45, 2.75) is 9.79 Å². The van der Waals surface area contributed by atoms with Crippen LogP contribution in [0.2, 0.25) is 0 Å². The molecule has 0 N–H and O–H groups in total. The second-order valence-corrected chi connectivity index (χ2v) is 11.4. The summed E-state index contributed by atoms with van der Waals surface area (Å²) in [5.74, 6) is -0.147.